The number of amides is 1. The summed E-state index contributed by atoms with van der Waals surface area (Å²) >= 11 is 0. The molecule has 7 heteroatoms. The third-order valence-corrected chi connectivity index (χ3v) is 4.64. The minimum atomic E-state index is -0.269. The molecular formula is C18H22N4O3. The van der Waals surface area contributed by atoms with Gasteiger partial charge in [-0.2, -0.15) is 5.10 Å². The van der Waals surface area contributed by atoms with E-state index in [0.717, 1.165) is 25.2 Å². The lowest BCUT2D eigenvalue weighted by Crippen LogP contribution is -2.31. The number of carbonyl (C=O) groups is 1. The molecule has 3 rings (SSSR count). The average Bonchev–Trinajstić information content (AvgIpc) is 3.06. The smallest absolute Gasteiger partial charge is 0.268 e. The van der Waals surface area contributed by atoms with Crippen LogP contribution >= 0.6 is 0 Å². The number of benzene rings is 1. The van der Waals surface area contributed by atoms with Gasteiger partial charge in [-0.1, -0.05) is 12.1 Å². The second-order valence-corrected chi connectivity index (χ2v) is 6.46. The summed E-state index contributed by atoms with van der Waals surface area (Å²) in [6.07, 6.45) is 2.61. The summed E-state index contributed by atoms with van der Waals surface area (Å²) in [6.45, 7) is 3.88. The molecule has 2 N–H and O–H groups in total. The molecule has 0 unspecified atom stereocenters. The molecule has 0 spiro atoms. The predicted molar refractivity (Wildman–Crippen MR) is 95.0 cm³/mol. The van der Waals surface area contributed by atoms with Gasteiger partial charge < -0.3 is 15.3 Å². The van der Waals surface area contributed by atoms with Crippen molar-refractivity contribution < 1.29 is 9.90 Å². The molecule has 0 aliphatic carbocycles. The van der Waals surface area contributed by atoms with Crippen molar-refractivity contribution in [2.45, 2.75) is 13.3 Å². The largest absolute Gasteiger partial charge is 0.507 e. The van der Waals surface area contributed by atoms with Gasteiger partial charge in [-0.25, -0.2) is 4.68 Å². The lowest BCUT2D eigenvalue weighted by atomic mass is 10.1. The van der Waals surface area contributed by atoms with Crippen LogP contribution in [0, 0.1) is 12.8 Å². The van der Waals surface area contributed by atoms with Gasteiger partial charge in [0.25, 0.3) is 11.5 Å². The van der Waals surface area contributed by atoms with Crippen molar-refractivity contribution in [1.82, 2.24) is 15.1 Å². The van der Waals surface area contributed by atoms with Crippen LogP contribution in [-0.2, 0) is 7.05 Å². The van der Waals surface area contributed by atoms with Crippen LogP contribution in [0.15, 0.2) is 35.3 Å². The van der Waals surface area contributed by atoms with Crippen LogP contribution in [0.25, 0.3) is 0 Å². The van der Waals surface area contributed by atoms with Crippen LogP contribution in [0.5, 0.6) is 5.75 Å². The molecule has 1 fully saturated rings. The number of aromatic hydroxyl groups is 1. The quantitative estimate of drug-likeness (QED) is 0.867. The van der Waals surface area contributed by atoms with Gasteiger partial charge >= 0.3 is 0 Å². The number of phenolic OH excluding ortho intramolecular Hbond substituents is 1. The molecule has 25 heavy (non-hydrogen) atoms. The Morgan fingerprint density at radius 2 is 2.24 bits per heavy atom. The van der Waals surface area contributed by atoms with Crippen molar-refractivity contribution in [2.24, 2.45) is 13.0 Å². The second-order valence-electron chi connectivity index (χ2n) is 6.46. The van der Waals surface area contributed by atoms with E-state index >= 15 is 0 Å². The highest BCUT2D eigenvalue weighted by atomic mass is 16.3. The maximum Gasteiger partial charge on any atom is 0.268 e. The molecule has 7 nitrogen and oxygen atoms in total. The monoisotopic (exact) mass is 342 g/mol. The molecule has 1 aliphatic rings. The molecule has 1 atom stereocenters. The Balaban J connectivity index is 1.58. The van der Waals surface area contributed by atoms with E-state index in [1.807, 2.05) is 0 Å². The highest BCUT2D eigenvalue weighted by Gasteiger charge is 2.24. The summed E-state index contributed by atoms with van der Waals surface area (Å²) in [6, 6.07) is 6.71. The molecule has 0 bridgehead atoms. The standard InChI is InChI=1S/C18H22N4O3/c1-12-4-3-5-15(17(12)24)18(25)19-9-13-6-7-22(11-13)14-8-16(23)21(2)20-10-14/h3-5,8,10,13,24H,6-7,9,11H2,1-2H3,(H,19,25)/t13-/m0/s1. The van der Waals surface area contributed by atoms with Gasteiger partial charge in [-0.05, 0) is 30.9 Å². The van der Waals surface area contributed by atoms with E-state index in [0.29, 0.717) is 23.6 Å². The maximum absolute atomic E-state index is 12.3. The fourth-order valence-electron chi connectivity index (χ4n) is 3.04. The molecule has 2 heterocycles. The molecule has 1 saturated heterocycles. The van der Waals surface area contributed by atoms with E-state index in [9.17, 15) is 14.7 Å². The molecule has 132 valence electrons. The van der Waals surface area contributed by atoms with Crippen molar-refractivity contribution >= 4 is 11.6 Å². The maximum atomic E-state index is 12.3. The topological polar surface area (TPSA) is 87.5 Å². The summed E-state index contributed by atoms with van der Waals surface area (Å²) in [5.41, 5.74) is 1.65. The molecule has 1 amide bonds. The van der Waals surface area contributed by atoms with Gasteiger partial charge in [0, 0.05) is 32.7 Å². The Bertz CT molecular complexity index is 846. The lowest BCUT2D eigenvalue weighted by Gasteiger charge is -2.18. The van der Waals surface area contributed by atoms with E-state index in [1.165, 1.54) is 4.68 Å². The zero-order valence-electron chi connectivity index (χ0n) is 14.4. The first-order valence-electron chi connectivity index (χ1n) is 8.31. The summed E-state index contributed by atoms with van der Waals surface area (Å²) in [4.78, 5) is 26.1. The first-order valence-corrected chi connectivity index (χ1v) is 8.31. The van der Waals surface area contributed by atoms with Crippen molar-refractivity contribution in [3.05, 3.63) is 51.9 Å². The molecule has 1 aromatic carbocycles. The Hall–Kier alpha value is -2.83. The van der Waals surface area contributed by atoms with E-state index in [-0.39, 0.29) is 17.2 Å². The number of carbonyl (C=O) groups excluding carboxylic acids is 1. The molecule has 0 radical (unpaired) electrons. The summed E-state index contributed by atoms with van der Waals surface area (Å²) in [5.74, 6) is 0.0501. The molecule has 0 saturated carbocycles. The Morgan fingerprint density at radius 1 is 1.44 bits per heavy atom. The van der Waals surface area contributed by atoms with Crippen molar-refractivity contribution in [3.8, 4) is 5.75 Å². The van der Waals surface area contributed by atoms with Crippen molar-refractivity contribution in [1.29, 1.82) is 0 Å². The van der Waals surface area contributed by atoms with Gasteiger partial charge in [0.15, 0.2) is 0 Å². The van der Waals surface area contributed by atoms with E-state index in [2.05, 4.69) is 15.3 Å². The number of hydrogen-bond acceptors (Lipinski definition) is 5. The lowest BCUT2D eigenvalue weighted by molar-refractivity contribution is 0.0945. The van der Waals surface area contributed by atoms with Crippen molar-refractivity contribution in [2.75, 3.05) is 24.5 Å². The summed E-state index contributed by atoms with van der Waals surface area (Å²) in [7, 11) is 1.62. The first-order chi connectivity index (χ1) is 12.0. The van der Waals surface area contributed by atoms with E-state index < -0.39 is 0 Å². The number of rotatable bonds is 4. The number of aryl methyl sites for hydroxylation is 2. The number of anilines is 1. The summed E-state index contributed by atoms with van der Waals surface area (Å²) < 4.78 is 1.30. The van der Waals surface area contributed by atoms with Gasteiger partial charge in [0.05, 0.1) is 17.4 Å². The van der Waals surface area contributed by atoms with Crippen LogP contribution in [0.1, 0.15) is 22.3 Å². The van der Waals surface area contributed by atoms with Gasteiger partial charge in [-0.3, -0.25) is 9.59 Å². The number of para-hydroxylation sites is 1. The van der Waals surface area contributed by atoms with Crippen molar-refractivity contribution in [3.63, 3.8) is 0 Å². The second kappa shape index (κ2) is 6.96. The number of aromatic nitrogens is 2. The Morgan fingerprint density at radius 3 is 3.00 bits per heavy atom. The van der Waals surface area contributed by atoms with E-state index in [4.69, 9.17) is 0 Å². The Kier molecular flexibility index (Phi) is 4.74. The fourth-order valence-corrected chi connectivity index (χ4v) is 3.04. The highest BCUT2D eigenvalue weighted by Crippen LogP contribution is 2.23. The van der Waals surface area contributed by atoms with Crippen LogP contribution < -0.4 is 15.8 Å². The molecular weight excluding hydrogens is 320 g/mol. The molecule has 1 aromatic heterocycles. The summed E-state index contributed by atoms with van der Waals surface area (Å²) in [5, 5.41) is 16.9. The number of nitrogens with zero attached hydrogens (tertiary/aromatic N) is 3. The first kappa shape index (κ1) is 17.0. The fraction of sp³-hybridized carbons (Fsp3) is 0.389. The Labute approximate surface area is 145 Å². The zero-order valence-corrected chi connectivity index (χ0v) is 14.4. The molecule has 1 aliphatic heterocycles. The molecule has 2 aromatic rings. The predicted octanol–water partition coefficient (Wildman–Crippen LogP) is 1.05. The zero-order chi connectivity index (χ0) is 18.0. The SMILES string of the molecule is Cc1cccc(C(=O)NC[C@@H]2CCN(c3cnn(C)c(=O)c3)C2)c1O. The number of nitrogens with one attached hydrogen (secondary N) is 1. The minimum absolute atomic E-state index is 0.0271. The van der Waals surface area contributed by atoms with Gasteiger partial charge in [0.1, 0.15) is 5.75 Å². The third kappa shape index (κ3) is 3.65. The average molecular weight is 342 g/mol. The minimum Gasteiger partial charge on any atom is -0.507 e. The number of phenols is 1. The van der Waals surface area contributed by atoms with Crippen LogP contribution in [0.3, 0.4) is 0 Å². The van der Waals surface area contributed by atoms with Crippen LogP contribution in [0.4, 0.5) is 5.69 Å². The van der Waals surface area contributed by atoms with Crippen LogP contribution in [0.2, 0.25) is 0 Å². The van der Waals surface area contributed by atoms with Crippen LogP contribution in [-0.4, -0.2) is 40.4 Å². The third-order valence-electron chi connectivity index (χ3n) is 4.64. The highest BCUT2D eigenvalue weighted by molar-refractivity contribution is 5.97. The van der Waals surface area contributed by atoms with Gasteiger partial charge in [-0.15, -0.1) is 0 Å². The van der Waals surface area contributed by atoms with E-state index in [1.54, 1.807) is 44.4 Å². The van der Waals surface area contributed by atoms with Gasteiger partial charge in [0.2, 0.25) is 0 Å². The number of hydrogen-bond donors (Lipinski definition) is 2. The normalized spacial score (nSPS) is 16.9.